The summed E-state index contributed by atoms with van der Waals surface area (Å²) in [7, 11) is 0. The molecule has 0 unspecified atom stereocenters. The zero-order chi connectivity index (χ0) is 13.4. The zero-order valence-corrected chi connectivity index (χ0v) is 10.7. The quantitative estimate of drug-likeness (QED) is 0.481. The van der Waals surface area contributed by atoms with E-state index in [9.17, 15) is 4.79 Å². The predicted octanol–water partition coefficient (Wildman–Crippen LogP) is 1.56. The summed E-state index contributed by atoms with van der Waals surface area (Å²) in [5.41, 5.74) is 1.01. The van der Waals surface area contributed by atoms with Gasteiger partial charge in [0.05, 0.1) is 0 Å². The summed E-state index contributed by atoms with van der Waals surface area (Å²) < 4.78 is 0. The van der Waals surface area contributed by atoms with Crippen LogP contribution in [0.4, 0.5) is 5.82 Å². The van der Waals surface area contributed by atoms with Crippen LogP contribution in [0.1, 0.15) is 5.56 Å². The van der Waals surface area contributed by atoms with Crippen molar-refractivity contribution in [3.8, 4) is 6.07 Å². The fraction of sp³-hybridized carbons (Fsp3) is 0.250. The lowest BCUT2D eigenvalue weighted by Gasteiger charge is -2.03. The smallest absolute Gasteiger partial charge is 0.263 e. The molecule has 5 nitrogen and oxygen atoms in total. The van der Waals surface area contributed by atoms with Crippen molar-refractivity contribution < 1.29 is 4.79 Å². The molecule has 0 aliphatic heterocycles. The van der Waals surface area contributed by atoms with E-state index in [1.807, 2.05) is 19.1 Å². The second-order valence-electron chi connectivity index (χ2n) is 3.48. The van der Waals surface area contributed by atoms with Crippen LogP contribution in [0.3, 0.4) is 0 Å². The first-order valence-corrected chi connectivity index (χ1v) is 5.84. The fourth-order valence-corrected chi connectivity index (χ4v) is 1.20. The van der Waals surface area contributed by atoms with E-state index in [1.165, 1.54) is 6.20 Å². The van der Waals surface area contributed by atoms with E-state index in [0.717, 1.165) is 5.56 Å². The normalized spacial score (nSPS) is 10.6. The molecule has 1 heterocycles. The Bertz CT molecular complexity index is 476. The van der Waals surface area contributed by atoms with Crippen LogP contribution < -0.4 is 10.6 Å². The molecule has 0 aliphatic carbocycles. The van der Waals surface area contributed by atoms with E-state index >= 15 is 0 Å². The van der Waals surface area contributed by atoms with Crippen molar-refractivity contribution >= 4 is 23.3 Å². The van der Waals surface area contributed by atoms with Gasteiger partial charge in [-0.2, -0.15) is 5.26 Å². The fourth-order valence-electron chi connectivity index (χ4n) is 1.10. The van der Waals surface area contributed by atoms with Crippen LogP contribution in [0, 0.1) is 18.3 Å². The number of hydrogen-bond donors (Lipinski definition) is 2. The molecule has 1 rings (SSSR count). The summed E-state index contributed by atoms with van der Waals surface area (Å²) in [6, 6.07) is 5.45. The van der Waals surface area contributed by atoms with Crippen molar-refractivity contribution in [3.63, 3.8) is 0 Å². The number of carbonyl (C=O) groups is 1. The maximum atomic E-state index is 11.5. The SMILES string of the molecule is Cc1ccc(N/C=C(/C#N)C(=O)NCCCl)nc1. The van der Waals surface area contributed by atoms with Crippen molar-refractivity contribution in [3.05, 3.63) is 35.7 Å². The van der Waals surface area contributed by atoms with Crippen LogP contribution in [0.15, 0.2) is 30.1 Å². The second-order valence-corrected chi connectivity index (χ2v) is 3.86. The average molecular weight is 265 g/mol. The number of amides is 1. The van der Waals surface area contributed by atoms with Gasteiger partial charge in [-0.25, -0.2) is 4.98 Å². The average Bonchev–Trinajstić information content (AvgIpc) is 2.39. The van der Waals surface area contributed by atoms with Gasteiger partial charge in [-0.15, -0.1) is 11.6 Å². The zero-order valence-electron chi connectivity index (χ0n) is 9.90. The van der Waals surface area contributed by atoms with E-state index in [2.05, 4.69) is 15.6 Å². The van der Waals surface area contributed by atoms with Crippen LogP contribution in [-0.4, -0.2) is 23.3 Å². The van der Waals surface area contributed by atoms with Crippen molar-refractivity contribution in [1.82, 2.24) is 10.3 Å². The van der Waals surface area contributed by atoms with E-state index in [-0.39, 0.29) is 5.57 Å². The molecule has 2 N–H and O–H groups in total. The molecular formula is C12H13ClN4O. The van der Waals surface area contributed by atoms with Gasteiger partial charge in [0.1, 0.15) is 17.5 Å². The molecule has 6 heteroatoms. The van der Waals surface area contributed by atoms with Crippen LogP contribution in [0.5, 0.6) is 0 Å². The Morgan fingerprint density at radius 2 is 2.39 bits per heavy atom. The number of halogens is 1. The van der Waals surface area contributed by atoms with E-state index in [1.54, 1.807) is 12.3 Å². The standard InChI is InChI=1S/C12H13ClN4O/c1-9-2-3-11(16-7-9)17-8-10(6-14)12(18)15-5-4-13/h2-3,7-8H,4-5H2,1H3,(H,15,18)(H,16,17)/b10-8-. The molecule has 0 radical (unpaired) electrons. The van der Waals surface area contributed by atoms with Crippen LogP contribution >= 0.6 is 11.6 Å². The number of nitrogens with one attached hydrogen (secondary N) is 2. The van der Waals surface area contributed by atoms with Crippen molar-refractivity contribution in [2.45, 2.75) is 6.92 Å². The number of nitrogens with zero attached hydrogens (tertiary/aromatic N) is 2. The van der Waals surface area contributed by atoms with Crippen LogP contribution in [0.25, 0.3) is 0 Å². The lowest BCUT2D eigenvalue weighted by atomic mass is 10.3. The molecule has 0 aromatic carbocycles. The van der Waals surface area contributed by atoms with Crippen molar-refractivity contribution in [1.29, 1.82) is 5.26 Å². The maximum absolute atomic E-state index is 11.5. The summed E-state index contributed by atoms with van der Waals surface area (Å²) >= 11 is 5.44. The van der Waals surface area contributed by atoms with Gasteiger partial charge in [0.15, 0.2) is 0 Å². The van der Waals surface area contributed by atoms with Crippen LogP contribution in [-0.2, 0) is 4.79 Å². The van der Waals surface area contributed by atoms with Gasteiger partial charge in [0, 0.05) is 24.8 Å². The van der Waals surface area contributed by atoms with Crippen LogP contribution in [0.2, 0.25) is 0 Å². The first-order chi connectivity index (χ1) is 8.67. The van der Waals surface area contributed by atoms with Gasteiger partial charge in [-0.3, -0.25) is 4.79 Å². The molecule has 18 heavy (non-hydrogen) atoms. The number of aryl methyl sites for hydroxylation is 1. The molecule has 1 aromatic rings. The van der Waals surface area contributed by atoms with Gasteiger partial charge >= 0.3 is 0 Å². The third kappa shape index (κ3) is 4.44. The summed E-state index contributed by atoms with van der Waals surface area (Å²) in [6.07, 6.45) is 3.01. The first-order valence-electron chi connectivity index (χ1n) is 5.31. The highest BCUT2D eigenvalue weighted by Gasteiger charge is 2.07. The maximum Gasteiger partial charge on any atom is 0.263 e. The van der Waals surface area contributed by atoms with Gasteiger partial charge < -0.3 is 10.6 Å². The molecule has 0 saturated heterocycles. The minimum atomic E-state index is -0.460. The molecule has 0 saturated carbocycles. The lowest BCUT2D eigenvalue weighted by Crippen LogP contribution is -2.26. The number of pyridine rings is 1. The number of nitriles is 1. The number of hydrogen-bond acceptors (Lipinski definition) is 4. The number of carbonyl (C=O) groups excluding carboxylic acids is 1. The van der Waals surface area contributed by atoms with Gasteiger partial charge in [0.2, 0.25) is 0 Å². The Hall–Kier alpha value is -2.06. The summed E-state index contributed by atoms with van der Waals surface area (Å²) in [4.78, 5) is 15.6. The molecule has 94 valence electrons. The minimum absolute atomic E-state index is 0.0255. The highest BCUT2D eigenvalue weighted by atomic mass is 35.5. The van der Waals surface area contributed by atoms with Crippen molar-refractivity contribution in [2.24, 2.45) is 0 Å². The molecule has 0 atom stereocenters. The van der Waals surface area contributed by atoms with Crippen molar-refractivity contribution in [2.75, 3.05) is 17.7 Å². The Balaban J connectivity index is 2.66. The molecule has 1 aromatic heterocycles. The highest BCUT2D eigenvalue weighted by Crippen LogP contribution is 2.04. The lowest BCUT2D eigenvalue weighted by molar-refractivity contribution is -0.117. The number of rotatable bonds is 5. The number of aromatic nitrogens is 1. The Morgan fingerprint density at radius 3 is 2.94 bits per heavy atom. The molecule has 0 aliphatic rings. The molecule has 1 amide bonds. The number of alkyl halides is 1. The molecule has 0 spiro atoms. The highest BCUT2D eigenvalue weighted by molar-refractivity contribution is 6.18. The monoisotopic (exact) mass is 264 g/mol. The van der Waals surface area contributed by atoms with E-state index in [4.69, 9.17) is 16.9 Å². The Morgan fingerprint density at radius 1 is 1.61 bits per heavy atom. The molecular weight excluding hydrogens is 252 g/mol. The first kappa shape index (κ1) is 14.0. The van der Waals surface area contributed by atoms with E-state index in [0.29, 0.717) is 18.2 Å². The van der Waals surface area contributed by atoms with Gasteiger partial charge in [0.25, 0.3) is 5.91 Å². The van der Waals surface area contributed by atoms with Gasteiger partial charge in [-0.1, -0.05) is 6.07 Å². The summed E-state index contributed by atoms with van der Waals surface area (Å²) in [5.74, 6) is 0.411. The number of anilines is 1. The largest absolute Gasteiger partial charge is 0.350 e. The Kier molecular flexibility index (Phi) is 5.68. The van der Waals surface area contributed by atoms with E-state index < -0.39 is 5.91 Å². The second kappa shape index (κ2) is 7.30. The minimum Gasteiger partial charge on any atom is -0.350 e. The summed E-state index contributed by atoms with van der Waals surface area (Å²) in [5, 5.41) is 14.1. The topological polar surface area (TPSA) is 77.8 Å². The predicted molar refractivity (Wildman–Crippen MR) is 70.0 cm³/mol. The third-order valence-electron chi connectivity index (χ3n) is 2.02. The third-order valence-corrected chi connectivity index (χ3v) is 2.21. The Labute approximate surface area is 110 Å². The van der Waals surface area contributed by atoms with Gasteiger partial charge in [-0.05, 0) is 18.6 Å². The molecule has 0 fully saturated rings. The molecule has 0 bridgehead atoms. The summed E-state index contributed by atoms with van der Waals surface area (Å²) in [6.45, 7) is 2.25.